The Labute approximate surface area is 106 Å². The lowest BCUT2D eigenvalue weighted by Crippen LogP contribution is -2.21. The molecular formula is C11H17ClN2O2S. The van der Waals surface area contributed by atoms with Crippen LogP contribution >= 0.6 is 10.7 Å². The summed E-state index contributed by atoms with van der Waals surface area (Å²) in [6.07, 6.45) is 9.03. The summed E-state index contributed by atoms with van der Waals surface area (Å²) in [4.78, 5) is 3.87. The van der Waals surface area contributed by atoms with Crippen LogP contribution < -0.4 is 0 Å². The summed E-state index contributed by atoms with van der Waals surface area (Å²) in [7, 11) is 1.57. The Morgan fingerprint density at radius 2 is 2.18 bits per heavy atom. The molecule has 0 N–H and O–H groups in total. The highest BCUT2D eigenvalue weighted by Crippen LogP contribution is 2.36. The molecule has 0 spiro atoms. The van der Waals surface area contributed by atoms with E-state index in [1.807, 2.05) is 4.57 Å². The van der Waals surface area contributed by atoms with E-state index in [0.29, 0.717) is 12.0 Å². The summed E-state index contributed by atoms with van der Waals surface area (Å²) in [6.45, 7) is 2.18. The fourth-order valence-electron chi connectivity index (χ4n) is 2.68. The van der Waals surface area contributed by atoms with Gasteiger partial charge in [-0.25, -0.2) is 13.4 Å². The Morgan fingerprint density at radius 1 is 1.47 bits per heavy atom. The number of hydrogen-bond donors (Lipinski definition) is 0. The molecule has 0 amide bonds. The third-order valence-corrected chi connectivity index (χ3v) is 4.79. The quantitative estimate of drug-likeness (QED) is 0.798. The first-order chi connectivity index (χ1) is 8.02. The zero-order valence-electron chi connectivity index (χ0n) is 9.84. The lowest BCUT2D eigenvalue weighted by Gasteiger charge is -2.31. The van der Waals surface area contributed by atoms with Gasteiger partial charge in [0.25, 0.3) is 9.05 Å². The molecule has 0 saturated heterocycles. The van der Waals surface area contributed by atoms with E-state index in [1.54, 1.807) is 12.5 Å². The van der Waals surface area contributed by atoms with E-state index in [-0.39, 0.29) is 5.03 Å². The number of rotatable bonds is 3. The van der Waals surface area contributed by atoms with Gasteiger partial charge in [0.1, 0.15) is 0 Å². The molecule has 4 nitrogen and oxygen atoms in total. The largest absolute Gasteiger partial charge is 0.333 e. The Morgan fingerprint density at radius 3 is 2.76 bits per heavy atom. The molecule has 0 aromatic carbocycles. The van der Waals surface area contributed by atoms with Crippen LogP contribution in [0.2, 0.25) is 0 Å². The van der Waals surface area contributed by atoms with Gasteiger partial charge in [-0.2, -0.15) is 0 Å². The Bertz CT molecular complexity index is 483. The van der Waals surface area contributed by atoms with Crippen molar-refractivity contribution >= 4 is 19.7 Å². The van der Waals surface area contributed by atoms with E-state index in [2.05, 4.69) is 11.9 Å². The first-order valence-electron chi connectivity index (χ1n) is 6.00. The van der Waals surface area contributed by atoms with Gasteiger partial charge in [0, 0.05) is 22.9 Å². The third-order valence-electron chi connectivity index (χ3n) is 3.60. The lowest BCUT2D eigenvalue weighted by atomic mass is 9.83. The number of hydrogen-bond acceptors (Lipinski definition) is 3. The average molecular weight is 277 g/mol. The second-order valence-electron chi connectivity index (χ2n) is 4.62. The van der Waals surface area contributed by atoms with Crippen LogP contribution in [0.4, 0.5) is 0 Å². The van der Waals surface area contributed by atoms with E-state index in [0.717, 1.165) is 12.8 Å². The molecule has 2 atom stereocenters. The highest BCUT2D eigenvalue weighted by molar-refractivity contribution is 8.13. The lowest BCUT2D eigenvalue weighted by molar-refractivity contribution is 0.232. The van der Waals surface area contributed by atoms with Gasteiger partial charge in [0.15, 0.2) is 5.03 Å². The van der Waals surface area contributed by atoms with Gasteiger partial charge in [-0.3, -0.25) is 0 Å². The van der Waals surface area contributed by atoms with Gasteiger partial charge in [-0.05, 0) is 18.8 Å². The summed E-state index contributed by atoms with van der Waals surface area (Å²) in [5.41, 5.74) is 0. The second-order valence-corrected chi connectivity index (χ2v) is 7.13. The van der Waals surface area contributed by atoms with Crippen LogP contribution in [0.3, 0.4) is 0 Å². The van der Waals surface area contributed by atoms with Crippen molar-refractivity contribution < 1.29 is 8.42 Å². The number of nitrogens with zero attached hydrogens (tertiary/aromatic N) is 2. The maximum Gasteiger partial charge on any atom is 0.280 e. The Kier molecular flexibility index (Phi) is 3.78. The van der Waals surface area contributed by atoms with Crippen molar-refractivity contribution in [3.05, 3.63) is 12.5 Å². The standard InChI is InChI=1S/C11H17ClN2O2S/c1-2-9-5-3-4-6-10(9)14-7-11(13-8-14)17(12,15)16/h7-10H,2-6H2,1H3. The smallest absolute Gasteiger partial charge is 0.280 e. The van der Waals surface area contributed by atoms with Crippen molar-refractivity contribution in [1.29, 1.82) is 0 Å². The molecule has 0 aliphatic heterocycles. The predicted octanol–water partition coefficient (Wildman–Crippen LogP) is 2.95. The zero-order valence-corrected chi connectivity index (χ0v) is 11.4. The van der Waals surface area contributed by atoms with Gasteiger partial charge < -0.3 is 4.57 Å². The molecule has 2 unspecified atom stereocenters. The maximum absolute atomic E-state index is 11.2. The molecule has 0 bridgehead atoms. The van der Waals surface area contributed by atoms with Crippen LogP contribution in [0.1, 0.15) is 45.1 Å². The molecule has 6 heteroatoms. The van der Waals surface area contributed by atoms with Crippen molar-refractivity contribution in [3.63, 3.8) is 0 Å². The van der Waals surface area contributed by atoms with Gasteiger partial charge in [-0.1, -0.05) is 26.2 Å². The number of imidazole rings is 1. The molecule has 96 valence electrons. The van der Waals surface area contributed by atoms with Crippen LogP contribution in [0.25, 0.3) is 0 Å². The first-order valence-corrected chi connectivity index (χ1v) is 8.31. The summed E-state index contributed by atoms with van der Waals surface area (Å²) in [6, 6.07) is 0.369. The van der Waals surface area contributed by atoms with Crippen LogP contribution in [0.15, 0.2) is 17.6 Å². The van der Waals surface area contributed by atoms with Gasteiger partial charge >= 0.3 is 0 Å². The fraction of sp³-hybridized carbons (Fsp3) is 0.727. The van der Waals surface area contributed by atoms with E-state index < -0.39 is 9.05 Å². The minimum absolute atomic E-state index is 0.0420. The van der Waals surface area contributed by atoms with E-state index in [9.17, 15) is 8.42 Å². The zero-order chi connectivity index (χ0) is 12.5. The highest BCUT2D eigenvalue weighted by atomic mass is 35.7. The SMILES string of the molecule is CCC1CCCCC1n1cnc(S(=O)(=O)Cl)c1. The van der Waals surface area contributed by atoms with Gasteiger partial charge in [0.2, 0.25) is 0 Å². The summed E-state index contributed by atoms with van der Waals surface area (Å²) in [5.74, 6) is 0.615. The van der Waals surface area contributed by atoms with Crippen molar-refractivity contribution in [2.45, 2.75) is 50.1 Å². The average Bonchev–Trinajstić information content (AvgIpc) is 2.77. The third kappa shape index (κ3) is 2.83. The predicted molar refractivity (Wildman–Crippen MR) is 66.6 cm³/mol. The minimum atomic E-state index is -3.70. The number of halogens is 1. The first kappa shape index (κ1) is 12.9. The van der Waals surface area contributed by atoms with Crippen molar-refractivity contribution in [3.8, 4) is 0 Å². The molecule has 1 aliphatic carbocycles. The van der Waals surface area contributed by atoms with Crippen molar-refractivity contribution in [2.75, 3.05) is 0 Å². The van der Waals surface area contributed by atoms with Crippen molar-refractivity contribution in [2.24, 2.45) is 5.92 Å². The van der Waals surface area contributed by atoms with Crippen molar-refractivity contribution in [1.82, 2.24) is 9.55 Å². The van der Waals surface area contributed by atoms with Crippen LogP contribution in [-0.2, 0) is 9.05 Å². The number of aromatic nitrogens is 2. The van der Waals surface area contributed by atoms with Gasteiger partial charge in [-0.15, -0.1) is 0 Å². The Balaban J connectivity index is 2.24. The van der Waals surface area contributed by atoms with E-state index in [4.69, 9.17) is 10.7 Å². The molecule has 1 aliphatic rings. The molecule has 1 heterocycles. The van der Waals surface area contributed by atoms with Gasteiger partial charge in [0.05, 0.1) is 6.33 Å². The topological polar surface area (TPSA) is 52.0 Å². The summed E-state index contributed by atoms with van der Waals surface area (Å²) < 4.78 is 24.3. The second kappa shape index (κ2) is 4.98. The molecule has 17 heavy (non-hydrogen) atoms. The summed E-state index contributed by atoms with van der Waals surface area (Å²) in [5, 5.41) is -0.0420. The maximum atomic E-state index is 11.2. The van der Waals surface area contributed by atoms with E-state index >= 15 is 0 Å². The highest BCUT2D eigenvalue weighted by Gasteiger charge is 2.26. The van der Waals surface area contributed by atoms with Crippen LogP contribution in [0, 0.1) is 5.92 Å². The molecular weight excluding hydrogens is 260 g/mol. The van der Waals surface area contributed by atoms with Crippen LogP contribution in [-0.4, -0.2) is 18.0 Å². The van der Waals surface area contributed by atoms with Crippen LogP contribution in [0.5, 0.6) is 0 Å². The molecule has 1 aromatic rings. The normalized spacial score (nSPS) is 26.0. The molecule has 1 fully saturated rings. The molecule has 2 rings (SSSR count). The minimum Gasteiger partial charge on any atom is -0.333 e. The summed E-state index contributed by atoms with van der Waals surface area (Å²) >= 11 is 0. The molecule has 0 radical (unpaired) electrons. The van der Waals surface area contributed by atoms with E-state index in [1.165, 1.54) is 19.3 Å². The molecule has 1 aromatic heterocycles. The fourth-order valence-corrected chi connectivity index (χ4v) is 3.34. The molecule has 1 saturated carbocycles. The Hall–Kier alpha value is -0.550. The monoisotopic (exact) mass is 276 g/mol.